The summed E-state index contributed by atoms with van der Waals surface area (Å²) in [6.45, 7) is 5.56. The molecule has 1 aromatic carbocycles. The molecule has 1 aliphatic heterocycles. The fraction of sp³-hybridized carbons (Fsp3) is 0.417. The molecule has 0 bridgehead atoms. The molecule has 1 aliphatic rings. The SMILES string of the molecule is C/C=C/c1ccc2c(c1)O[C@H](CN(C)C(=O)c1ccncc1)[C@@H](C)CN([C@@H](C)CO)S2(=O)=O. The third-order valence-electron chi connectivity index (χ3n) is 5.78. The van der Waals surface area contributed by atoms with Crippen LogP contribution in [0.5, 0.6) is 5.75 Å². The van der Waals surface area contributed by atoms with Gasteiger partial charge in [0.25, 0.3) is 5.91 Å². The summed E-state index contributed by atoms with van der Waals surface area (Å²) in [6.07, 6.45) is 6.38. The molecule has 1 aromatic heterocycles. The minimum absolute atomic E-state index is 0.0519. The smallest absolute Gasteiger partial charge is 0.253 e. The van der Waals surface area contributed by atoms with E-state index < -0.39 is 22.2 Å². The van der Waals surface area contributed by atoms with Crippen molar-refractivity contribution in [2.45, 2.75) is 37.8 Å². The van der Waals surface area contributed by atoms with E-state index in [-0.39, 0.29) is 42.2 Å². The lowest BCUT2D eigenvalue weighted by Crippen LogP contribution is -2.50. The predicted octanol–water partition coefficient (Wildman–Crippen LogP) is 2.66. The number of carbonyl (C=O) groups excluding carboxylic acids is 1. The summed E-state index contributed by atoms with van der Waals surface area (Å²) < 4.78 is 34.5. The first kappa shape index (κ1) is 24.9. The molecule has 178 valence electrons. The summed E-state index contributed by atoms with van der Waals surface area (Å²) >= 11 is 0. The van der Waals surface area contributed by atoms with E-state index in [2.05, 4.69) is 4.98 Å². The lowest BCUT2D eigenvalue weighted by molar-refractivity contribution is 0.0563. The van der Waals surface area contributed by atoms with Crippen molar-refractivity contribution in [2.24, 2.45) is 5.92 Å². The summed E-state index contributed by atoms with van der Waals surface area (Å²) in [7, 11) is -2.20. The largest absolute Gasteiger partial charge is 0.487 e. The van der Waals surface area contributed by atoms with Gasteiger partial charge in [0, 0.05) is 43.5 Å². The van der Waals surface area contributed by atoms with Gasteiger partial charge in [-0.1, -0.05) is 25.1 Å². The van der Waals surface area contributed by atoms with E-state index >= 15 is 0 Å². The molecule has 0 aliphatic carbocycles. The highest BCUT2D eigenvalue weighted by molar-refractivity contribution is 7.89. The van der Waals surface area contributed by atoms with Crippen LogP contribution < -0.4 is 4.74 Å². The number of aliphatic hydroxyl groups is 1. The van der Waals surface area contributed by atoms with Crippen LogP contribution in [0.25, 0.3) is 6.08 Å². The van der Waals surface area contributed by atoms with Crippen LogP contribution in [-0.4, -0.2) is 72.5 Å². The molecule has 2 heterocycles. The van der Waals surface area contributed by atoms with Crippen molar-refractivity contribution in [2.75, 3.05) is 26.7 Å². The Bertz CT molecular complexity index is 1100. The number of aromatic nitrogens is 1. The average Bonchev–Trinajstić information content (AvgIpc) is 2.81. The van der Waals surface area contributed by atoms with Crippen LogP contribution in [0.4, 0.5) is 0 Å². The predicted molar refractivity (Wildman–Crippen MR) is 126 cm³/mol. The first-order valence-corrected chi connectivity index (χ1v) is 12.3. The molecule has 2 aromatic rings. The van der Waals surface area contributed by atoms with E-state index in [1.165, 1.54) is 10.4 Å². The molecular formula is C24H31N3O5S. The number of amides is 1. The number of pyridine rings is 1. The van der Waals surface area contributed by atoms with E-state index in [0.717, 1.165) is 5.56 Å². The van der Waals surface area contributed by atoms with Crippen molar-refractivity contribution >= 4 is 22.0 Å². The van der Waals surface area contributed by atoms with Crippen LogP contribution in [0.1, 0.15) is 36.7 Å². The van der Waals surface area contributed by atoms with Crippen molar-refractivity contribution in [1.82, 2.24) is 14.2 Å². The third-order valence-corrected chi connectivity index (χ3v) is 7.80. The molecule has 0 unspecified atom stereocenters. The van der Waals surface area contributed by atoms with Gasteiger partial charge >= 0.3 is 0 Å². The molecule has 0 spiro atoms. The molecule has 0 saturated carbocycles. The second kappa shape index (κ2) is 10.5. The Labute approximate surface area is 195 Å². The van der Waals surface area contributed by atoms with Crippen LogP contribution in [-0.2, 0) is 10.0 Å². The fourth-order valence-corrected chi connectivity index (χ4v) is 5.65. The number of rotatable bonds is 6. The highest BCUT2D eigenvalue weighted by Gasteiger charge is 2.38. The van der Waals surface area contributed by atoms with E-state index in [4.69, 9.17) is 4.74 Å². The van der Waals surface area contributed by atoms with E-state index in [9.17, 15) is 18.3 Å². The summed E-state index contributed by atoms with van der Waals surface area (Å²) in [5.74, 6) is -0.187. The minimum atomic E-state index is -3.89. The van der Waals surface area contributed by atoms with Crippen LogP contribution in [0.3, 0.4) is 0 Å². The molecule has 0 radical (unpaired) electrons. The number of allylic oxidation sites excluding steroid dienone is 1. The number of likely N-dealkylation sites (N-methyl/N-ethyl adjacent to an activating group) is 1. The van der Waals surface area contributed by atoms with Crippen molar-refractivity contribution < 1.29 is 23.1 Å². The van der Waals surface area contributed by atoms with Gasteiger partial charge in [0.15, 0.2) is 0 Å². The van der Waals surface area contributed by atoms with Gasteiger partial charge < -0.3 is 14.7 Å². The summed E-state index contributed by atoms with van der Waals surface area (Å²) in [5.41, 5.74) is 1.32. The highest BCUT2D eigenvalue weighted by atomic mass is 32.2. The second-order valence-electron chi connectivity index (χ2n) is 8.37. The molecule has 3 atom stereocenters. The van der Waals surface area contributed by atoms with E-state index in [0.29, 0.717) is 5.56 Å². The highest BCUT2D eigenvalue weighted by Crippen LogP contribution is 2.34. The van der Waals surface area contributed by atoms with Gasteiger partial charge in [-0.2, -0.15) is 4.31 Å². The van der Waals surface area contributed by atoms with Crippen molar-refractivity contribution in [3.05, 3.63) is 59.9 Å². The van der Waals surface area contributed by atoms with Gasteiger partial charge in [0.05, 0.1) is 13.2 Å². The molecule has 0 fully saturated rings. The van der Waals surface area contributed by atoms with E-state index in [1.54, 1.807) is 55.5 Å². The molecule has 9 heteroatoms. The summed E-state index contributed by atoms with van der Waals surface area (Å²) in [5, 5.41) is 9.74. The standard InChI is InChI=1S/C24H31N3O5S/c1-5-6-19-7-8-23-21(13-19)32-22(15-26(4)24(29)20-9-11-25-12-10-20)17(2)14-27(18(3)16-28)33(23,30)31/h5-13,17-18,22,28H,14-16H2,1-4H3/b6-5+/t17-,18-,22+/m0/s1. The van der Waals surface area contributed by atoms with Gasteiger partial charge in [-0.3, -0.25) is 9.78 Å². The van der Waals surface area contributed by atoms with Crippen LogP contribution in [0, 0.1) is 5.92 Å². The molecular weight excluding hydrogens is 442 g/mol. The van der Waals surface area contributed by atoms with Gasteiger partial charge in [0.2, 0.25) is 10.0 Å². The molecule has 8 nitrogen and oxygen atoms in total. The zero-order valence-electron chi connectivity index (χ0n) is 19.4. The summed E-state index contributed by atoms with van der Waals surface area (Å²) in [4.78, 5) is 18.5. The monoisotopic (exact) mass is 473 g/mol. The Kier molecular flexibility index (Phi) is 7.88. The number of fused-ring (bicyclic) bond motifs is 1. The number of aliphatic hydroxyl groups excluding tert-OH is 1. The molecule has 1 amide bonds. The Morgan fingerprint density at radius 1 is 1.33 bits per heavy atom. The maximum absolute atomic E-state index is 13.5. The Morgan fingerprint density at radius 2 is 2.03 bits per heavy atom. The van der Waals surface area contributed by atoms with E-state index in [1.807, 2.05) is 26.0 Å². The zero-order chi connectivity index (χ0) is 24.2. The molecule has 1 N–H and O–H groups in total. The van der Waals surface area contributed by atoms with Crippen molar-refractivity contribution in [1.29, 1.82) is 0 Å². The lowest BCUT2D eigenvalue weighted by atomic mass is 10.0. The normalized spacial score (nSPS) is 21.5. The van der Waals surface area contributed by atoms with Crippen LogP contribution >= 0.6 is 0 Å². The topological polar surface area (TPSA) is 100 Å². The Balaban J connectivity index is 2.01. The lowest BCUT2D eigenvalue weighted by Gasteiger charge is -2.37. The number of nitrogens with zero attached hydrogens (tertiary/aromatic N) is 3. The van der Waals surface area contributed by atoms with Gasteiger partial charge in [-0.15, -0.1) is 0 Å². The third kappa shape index (κ3) is 5.43. The summed E-state index contributed by atoms with van der Waals surface area (Å²) in [6, 6.07) is 7.66. The van der Waals surface area contributed by atoms with Gasteiger partial charge in [-0.05, 0) is 43.7 Å². The first-order valence-electron chi connectivity index (χ1n) is 10.9. The first-order chi connectivity index (χ1) is 15.7. The van der Waals surface area contributed by atoms with Crippen LogP contribution in [0.15, 0.2) is 53.7 Å². The number of ether oxygens (including phenoxy) is 1. The molecule has 0 saturated heterocycles. The maximum Gasteiger partial charge on any atom is 0.253 e. The fourth-order valence-electron chi connectivity index (χ4n) is 3.82. The number of carbonyl (C=O) groups is 1. The second-order valence-corrected chi connectivity index (χ2v) is 10.2. The number of hydrogen-bond acceptors (Lipinski definition) is 6. The van der Waals surface area contributed by atoms with Crippen LogP contribution in [0.2, 0.25) is 0 Å². The molecule has 33 heavy (non-hydrogen) atoms. The number of sulfonamides is 1. The van der Waals surface area contributed by atoms with Gasteiger partial charge in [-0.25, -0.2) is 8.42 Å². The Hall–Kier alpha value is -2.75. The zero-order valence-corrected chi connectivity index (χ0v) is 20.2. The van der Waals surface area contributed by atoms with Gasteiger partial charge in [0.1, 0.15) is 16.7 Å². The number of benzene rings is 1. The number of hydrogen-bond donors (Lipinski definition) is 1. The van der Waals surface area contributed by atoms with Crippen molar-refractivity contribution in [3.8, 4) is 5.75 Å². The Morgan fingerprint density at radius 3 is 2.67 bits per heavy atom. The quantitative estimate of drug-likeness (QED) is 0.692. The minimum Gasteiger partial charge on any atom is -0.487 e. The maximum atomic E-state index is 13.5. The molecule has 3 rings (SSSR count). The average molecular weight is 474 g/mol. The van der Waals surface area contributed by atoms with Crippen molar-refractivity contribution in [3.63, 3.8) is 0 Å².